The molecule has 2 aromatic rings. The minimum atomic E-state index is -1.18. The first-order valence-electron chi connectivity index (χ1n) is 29.7. The Hall–Kier alpha value is -6.16. The van der Waals surface area contributed by atoms with Crippen LogP contribution < -0.4 is 26.6 Å². The predicted octanol–water partition coefficient (Wildman–Crippen LogP) is 7.58. The highest BCUT2D eigenvalue weighted by molar-refractivity contribution is 5.85. The van der Waals surface area contributed by atoms with Crippen molar-refractivity contribution in [2.24, 2.45) is 0 Å². The lowest BCUT2D eigenvalue weighted by Crippen LogP contribution is -2.42. The average Bonchev–Trinajstić information content (AvgIpc) is 3.95. The molecule has 0 aromatic heterocycles. The molecule has 21 heteroatoms. The molecule has 21 nitrogen and oxygen atoms in total. The highest BCUT2D eigenvalue weighted by atomic mass is 16.6. The molecule has 2 aromatic carbocycles. The van der Waals surface area contributed by atoms with Crippen LogP contribution >= 0.6 is 0 Å². The summed E-state index contributed by atoms with van der Waals surface area (Å²) < 4.78 is 37.6. The fourth-order valence-electron chi connectivity index (χ4n) is 9.15. The molecule has 0 bridgehead atoms. The second kappa shape index (κ2) is 42.6. The summed E-state index contributed by atoms with van der Waals surface area (Å²) in [7, 11) is 0. The highest BCUT2D eigenvalue weighted by Crippen LogP contribution is 2.44. The van der Waals surface area contributed by atoms with Crippen molar-refractivity contribution in [1.29, 1.82) is 0 Å². The van der Waals surface area contributed by atoms with Crippen LogP contribution in [0.15, 0.2) is 48.5 Å². The number of esters is 2. The van der Waals surface area contributed by atoms with Gasteiger partial charge >= 0.3 is 24.0 Å². The standard InChI is InChI=1S/C61H95N5O16/c1-5-80-59(74)52(65-54(68)30-17-15-13-11-9-7-6-8-10-12-14-16-18-31-57(71)82-61(2,3)4)32-33-53(67)63-35-37-76-39-42-79-45-56(70)64-36-38-77-40-41-78-44-55(69)62-34-24-23-29-51(58(72)73)66-60(75)81-43-50-48-27-21-19-25-46(48)47-26-20-22-28-49(47)50/h19-22,25-28,50-52H,5-18,23-24,29-45H2,1-4H3,(H,62,69)(H,63,67)(H,64,70)(H,65,68)(H,66,75)(H,72,73)/t51-,52-/m0/s1. The molecule has 0 heterocycles. The molecular formula is C61H95N5O16. The Labute approximate surface area is 485 Å². The van der Waals surface area contributed by atoms with Gasteiger partial charge in [0, 0.05) is 44.8 Å². The first kappa shape index (κ1) is 70.1. The number of nitrogens with one attached hydrogen (secondary N) is 5. The maximum atomic E-state index is 12.7. The Balaban J connectivity index is 1.07. The van der Waals surface area contributed by atoms with E-state index < -0.39 is 35.7 Å². The van der Waals surface area contributed by atoms with Crippen LogP contribution in [0.3, 0.4) is 0 Å². The van der Waals surface area contributed by atoms with E-state index in [1.807, 2.05) is 69.3 Å². The van der Waals surface area contributed by atoms with Gasteiger partial charge in [0.2, 0.25) is 23.6 Å². The number of hydrogen-bond acceptors (Lipinski definition) is 15. The van der Waals surface area contributed by atoms with Crippen molar-refractivity contribution < 1.29 is 76.6 Å². The van der Waals surface area contributed by atoms with Crippen LogP contribution in [0.4, 0.5) is 4.79 Å². The summed E-state index contributed by atoms with van der Waals surface area (Å²) in [5.41, 5.74) is 3.87. The third-order valence-electron chi connectivity index (χ3n) is 13.3. The van der Waals surface area contributed by atoms with Gasteiger partial charge in [-0.1, -0.05) is 119 Å². The van der Waals surface area contributed by atoms with Gasteiger partial charge in [0.05, 0.1) is 46.2 Å². The number of unbranched alkanes of at least 4 members (excludes halogenated alkanes) is 13. The lowest BCUT2D eigenvalue weighted by molar-refractivity contribution is -0.155. The SMILES string of the molecule is CCOC(=O)[C@H](CCC(=O)NCCOCCOCC(=O)NCCOCCOCC(=O)NCCCC[C@H](NC(=O)OCC1c2ccccc2-c2ccccc21)C(=O)O)NC(=O)CCCCCCCCCCCCCCCC(=O)OC(C)(C)C. The number of carboxylic acids is 1. The van der Waals surface area contributed by atoms with Crippen LogP contribution in [0.5, 0.6) is 0 Å². The molecule has 5 amide bonds. The minimum Gasteiger partial charge on any atom is -0.480 e. The van der Waals surface area contributed by atoms with Gasteiger partial charge in [-0.25, -0.2) is 14.4 Å². The van der Waals surface area contributed by atoms with Gasteiger partial charge in [0.15, 0.2) is 0 Å². The number of amides is 5. The van der Waals surface area contributed by atoms with Crippen molar-refractivity contribution in [3.63, 3.8) is 0 Å². The summed E-state index contributed by atoms with van der Waals surface area (Å²) in [4.78, 5) is 98.3. The number of rotatable bonds is 47. The first-order chi connectivity index (χ1) is 39.6. The predicted molar refractivity (Wildman–Crippen MR) is 309 cm³/mol. The Morgan fingerprint density at radius 3 is 1.51 bits per heavy atom. The number of aliphatic carboxylic acids is 1. The lowest BCUT2D eigenvalue weighted by atomic mass is 9.98. The van der Waals surface area contributed by atoms with Crippen molar-refractivity contribution in [1.82, 2.24) is 26.6 Å². The van der Waals surface area contributed by atoms with Crippen LogP contribution in [0.2, 0.25) is 0 Å². The molecule has 1 aliphatic carbocycles. The number of carboxylic acid groups (broad SMARTS) is 1. The fraction of sp³-hybridized carbons (Fsp3) is 0.672. The number of ether oxygens (including phenoxy) is 7. The molecule has 0 saturated carbocycles. The molecular weight excluding hydrogens is 1060 g/mol. The summed E-state index contributed by atoms with van der Waals surface area (Å²) in [6, 6.07) is 13.8. The molecule has 0 aliphatic heterocycles. The topological polar surface area (TPSA) is 282 Å². The van der Waals surface area contributed by atoms with Gasteiger partial charge in [-0.15, -0.1) is 0 Å². The Kier molecular flexibility index (Phi) is 36.4. The molecule has 0 spiro atoms. The van der Waals surface area contributed by atoms with Crippen LogP contribution in [0, 0.1) is 0 Å². The van der Waals surface area contributed by atoms with E-state index in [2.05, 4.69) is 26.6 Å². The van der Waals surface area contributed by atoms with Crippen LogP contribution in [-0.2, 0) is 66.7 Å². The van der Waals surface area contributed by atoms with Crippen LogP contribution in [0.25, 0.3) is 11.1 Å². The number of alkyl carbamates (subject to hydrolysis) is 1. The van der Waals surface area contributed by atoms with Crippen molar-refractivity contribution in [2.75, 3.05) is 85.7 Å². The molecule has 0 radical (unpaired) electrons. The van der Waals surface area contributed by atoms with Gasteiger partial charge in [-0.05, 0) is 88.5 Å². The van der Waals surface area contributed by atoms with E-state index in [4.69, 9.17) is 33.2 Å². The number of carbonyl (C=O) groups is 8. The van der Waals surface area contributed by atoms with Crippen LogP contribution in [-0.4, -0.2) is 156 Å². The molecule has 2 atom stereocenters. The molecule has 3 rings (SSSR count). The van der Waals surface area contributed by atoms with Gasteiger partial charge in [-0.3, -0.25) is 24.0 Å². The van der Waals surface area contributed by atoms with Crippen molar-refractivity contribution in [3.8, 4) is 11.1 Å². The molecule has 0 fully saturated rings. The summed E-state index contributed by atoms with van der Waals surface area (Å²) in [5.74, 6) is -3.23. The zero-order valence-electron chi connectivity index (χ0n) is 49.3. The average molecular weight is 1150 g/mol. The Bertz CT molecular complexity index is 2160. The van der Waals surface area contributed by atoms with E-state index >= 15 is 0 Å². The Morgan fingerprint density at radius 1 is 0.500 bits per heavy atom. The third-order valence-corrected chi connectivity index (χ3v) is 13.3. The van der Waals surface area contributed by atoms with Crippen LogP contribution in [0.1, 0.15) is 173 Å². The highest BCUT2D eigenvalue weighted by Gasteiger charge is 2.30. The lowest BCUT2D eigenvalue weighted by Gasteiger charge is -2.19. The van der Waals surface area contributed by atoms with Crippen molar-refractivity contribution in [3.05, 3.63) is 59.7 Å². The van der Waals surface area contributed by atoms with Gasteiger partial charge in [0.25, 0.3) is 0 Å². The van der Waals surface area contributed by atoms with Crippen molar-refractivity contribution in [2.45, 2.75) is 180 Å². The van der Waals surface area contributed by atoms with Gasteiger partial charge in [-0.2, -0.15) is 0 Å². The third kappa shape index (κ3) is 32.5. The summed E-state index contributed by atoms with van der Waals surface area (Å²) in [6.45, 7) is 9.10. The number of carbonyl (C=O) groups excluding carboxylic acids is 7. The van der Waals surface area contributed by atoms with Crippen molar-refractivity contribution >= 4 is 47.6 Å². The molecule has 6 N–H and O–H groups in total. The molecule has 0 saturated heterocycles. The second-order valence-corrected chi connectivity index (χ2v) is 21.3. The first-order valence-corrected chi connectivity index (χ1v) is 29.7. The summed E-state index contributed by atoms with van der Waals surface area (Å²) >= 11 is 0. The zero-order chi connectivity index (χ0) is 59.6. The smallest absolute Gasteiger partial charge is 0.407 e. The summed E-state index contributed by atoms with van der Waals surface area (Å²) in [6.07, 6.45) is 15.4. The van der Waals surface area contributed by atoms with E-state index in [9.17, 15) is 43.5 Å². The van der Waals surface area contributed by atoms with Gasteiger partial charge < -0.3 is 64.8 Å². The molecule has 0 unspecified atom stereocenters. The van der Waals surface area contributed by atoms with E-state index in [-0.39, 0.29) is 134 Å². The number of hydrogen-bond donors (Lipinski definition) is 6. The fourth-order valence-corrected chi connectivity index (χ4v) is 9.15. The molecule has 1 aliphatic rings. The maximum Gasteiger partial charge on any atom is 0.407 e. The van der Waals surface area contributed by atoms with E-state index in [0.29, 0.717) is 32.2 Å². The number of benzene rings is 2. The zero-order valence-corrected chi connectivity index (χ0v) is 49.3. The van der Waals surface area contributed by atoms with E-state index in [1.54, 1.807) is 6.92 Å². The normalized spacial score (nSPS) is 12.5. The largest absolute Gasteiger partial charge is 0.480 e. The second-order valence-electron chi connectivity index (χ2n) is 21.3. The Morgan fingerprint density at radius 2 is 0.988 bits per heavy atom. The maximum absolute atomic E-state index is 12.7. The summed E-state index contributed by atoms with van der Waals surface area (Å²) in [5, 5.41) is 23.0. The molecule has 460 valence electrons. The minimum absolute atomic E-state index is 0.00992. The molecule has 82 heavy (non-hydrogen) atoms. The monoisotopic (exact) mass is 1150 g/mol. The quantitative estimate of drug-likeness (QED) is 0.0212. The van der Waals surface area contributed by atoms with E-state index in [1.165, 1.54) is 38.5 Å². The van der Waals surface area contributed by atoms with Gasteiger partial charge in [0.1, 0.15) is 37.5 Å². The van der Waals surface area contributed by atoms with E-state index in [0.717, 1.165) is 67.2 Å². The number of fused-ring (bicyclic) bond motifs is 3.